The summed E-state index contributed by atoms with van der Waals surface area (Å²) in [4.78, 5) is 35.7. The molecule has 0 unspecified atom stereocenters. The summed E-state index contributed by atoms with van der Waals surface area (Å²) in [5.41, 5.74) is 1.23. The van der Waals surface area contributed by atoms with Gasteiger partial charge in [0.25, 0.3) is 0 Å². The first kappa shape index (κ1) is 27.1. The third-order valence-corrected chi connectivity index (χ3v) is 8.10. The zero-order valence-electron chi connectivity index (χ0n) is 21.4. The van der Waals surface area contributed by atoms with E-state index in [4.69, 9.17) is 0 Å². The minimum Gasteiger partial charge on any atom is -0.308 e. The number of aromatic nitrogens is 2. The first-order valence-electron chi connectivity index (χ1n) is 12.4. The van der Waals surface area contributed by atoms with E-state index in [-0.39, 0.29) is 17.3 Å². The van der Waals surface area contributed by atoms with E-state index in [1.165, 1.54) is 33.7 Å². The Kier molecular flexibility index (Phi) is 8.60. The lowest BCUT2D eigenvalue weighted by molar-refractivity contribution is -0.117. The Morgan fingerprint density at radius 3 is 2.34 bits per heavy atom. The van der Waals surface area contributed by atoms with Gasteiger partial charge in [-0.3, -0.25) is 9.59 Å². The Morgan fingerprint density at radius 1 is 0.868 bits per heavy atom. The van der Waals surface area contributed by atoms with Crippen LogP contribution in [0.5, 0.6) is 0 Å². The van der Waals surface area contributed by atoms with Gasteiger partial charge in [-0.2, -0.15) is 0 Å². The molecule has 0 bridgehead atoms. The summed E-state index contributed by atoms with van der Waals surface area (Å²) in [6.45, 7) is 2.55. The van der Waals surface area contributed by atoms with E-state index in [9.17, 15) is 18.0 Å². The van der Waals surface area contributed by atoms with E-state index in [1.807, 2.05) is 49.4 Å². The topological polar surface area (TPSA) is 101 Å². The van der Waals surface area contributed by atoms with Gasteiger partial charge < -0.3 is 4.90 Å². The van der Waals surface area contributed by atoms with Crippen molar-refractivity contribution in [3.63, 3.8) is 0 Å². The lowest BCUT2D eigenvalue weighted by Gasteiger charge is -2.24. The van der Waals surface area contributed by atoms with Crippen molar-refractivity contribution in [3.8, 4) is 0 Å². The molecule has 0 fully saturated rings. The summed E-state index contributed by atoms with van der Waals surface area (Å²) in [6.07, 6.45) is 4.05. The highest BCUT2D eigenvalue weighted by Crippen LogP contribution is 2.26. The zero-order chi connectivity index (χ0) is 27.1. The molecule has 1 amide bonds. The van der Waals surface area contributed by atoms with Crippen LogP contribution < -0.4 is 4.90 Å². The van der Waals surface area contributed by atoms with Crippen LogP contribution in [0.1, 0.15) is 42.4 Å². The van der Waals surface area contributed by atoms with Gasteiger partial charge in [-0.15, -0.1) is 0 Å². The molecule has 0 aliphatic rings. The molecule has 1 heterocycles. The van der Waals surface area contributed by atoms with Crippen molar-refractivity contribution in [2.24, 2.45) is 0 Å². The highest BCUT2D eigenvalue weighted by Gasteiger charge is 2.25. The summed E-state index contributed by atoms with van der Waals surface area (Å²) in [6, 6.07) is 21.6. The number of unbranched alkanes of at least 4 members (excludes halogenated alkanes) is 1. The number of hydrogen-bond donors (Lipinski definition) is 0. The van der Waals surface area contributed by atoms with Crippen molar-refractivity contribution in [1.29, 1.82) is 0 Å². The predicted molar refractivity (Wildman–Crippen MR) is 147 cm³/mol. The van der Waals surface area contributed by atoms with Crippen LogP contribution >= 0.6 is 0 Å². The van der Waals surface area contributed by atoms with Crippen molar-refractivity contribution < 1.29 is 18.0 Å². The van der Waals surface area contributed by atoms with Crippen molar-refractivity contribution in [1.82, 2.24) is 14.3 Å². The Hall–Kier alpha value is -3.95. The van der Waals surface area contributed by atoms with E-state index < -0.39 is 28.1 Å². The fourth-order valence-electron chi connectivity index (χ4n) is 4.09. The Balaban J connectivity index is 1.69. The molecule has 1 aromatic heterocycles. The van der Waals surface area contributed by atoms with Crippen LogP contribution in [-0.2, 0) is 21.4 Å². The van der Waals surface area contributed by atoms with Gasteiger partial charge in [-0.1, -0.05) is 55.8 Å². The number of rotatable bonds is 11. The standard InChI is InChI=1S/C29H30N4O4S/c1-3-4-17-32(2)38(36,37)26-12-7-11-25(19-26)33(28(35)20-27(34)29-30-15-8-16-31-29)21-22-13-14-23-9-5-6-10-24(23)18-22/h5-16,18-19H,3-4,17,20-21H2,1-2H3. The highest BCUT2D eigenvalue weighted by molar-refractivity contribution is 7.89. The van der Waals surface area contributed by atoms with Gasteiger partial charge in [-0.25, -0.2) is 22.7 Å². The van der Waals surface area contributed by atoms with E-state index in [1.54, 1.807) is 25.2 Å². The molecule has 9 heteroatoms. The van der Waals surface area contributed by atoms with Gasteiger partial charge in [0.2, 0.25) is 21.7 Å². The maximum absolute atomic E-state index is 13.5. The SMILES string of the molecule is CCCCN(C)S(=O)(=O)c1cccc(N(Cc2ccc3ccccc3c2)C(=O)CC(=O)c2ncccn2)c1. The second-order valence-corrected chi connectivity index (χ2v) is 11.1. The molecule has 4 rings (SSSR count). The van der Waals surface area contributed by atoms with Crippen molar-refractivity contribution in [2.45, 2.75) is 37.6 Å². The largest absolute Gasteiger partial charge is 0.308 e. The van der Waals surface area contributed by atoms with E-state index in [0.29, 0.717) is 12.2 Å². The molecule has 4 aromatic rings. The number of ketones is 1. The molecule has 0 spiro atoms. The average molecular weight is 531 g/mol. The number of anilines is 1. The Morgan fingerprint density at radius 2 is 1.61 bits per heavy atom. The van der Waals surface area contributed by atoms with Crippen molar-refractivity contribution in [3.05, 3.63) is 96.6 Å². The second kappa shape index (κ2) is 12.1. The van der Waals surface area contributed by atoms with Crippen molar-refractivity contribution >= 4 is 38.2 Å². The normalized spacial score (nSPS) is 11.6. The summed E-state index contributed by atoms with van der Waals surface area (Å²) in [7, 11) is -2.20. The van der Waals surface area contributed by atoms with Gasteiger partial charge >= 0.3 is 0 Å². The minimum absolute atomic E-state index is 0.0413. The van der Waals surface area contributed by atoms with Gasteiger partial charge in [0.15, 0.2) is 5.82 Å². The van der Waals surface area contributed by atoms with Crippen LogP contribution in [-0.4, -0.2) is 48.0 Å². The fraction of sp³-hybridized carbons (Fsp3) is 0.241. The van der Waals surface area contributed by atoms with E-state index in [0.717, 1.165) is 29.2 Å². The van der Waals surface area contributed by atoms with Crippen LogP contribution in [0, 0.1) is 0 Å². The number of nitrogens with zero attached hydrogens (tertiary/aromatic N) is 4. The second-order valence-electron chi connectivity index (χ2n) is 9.01. The number of Topliss-reactive ketones (excluding diaryl/α,β-unsaturated/α-hetero) is 1. The fourth-order valence-corrected chi connectivity index (χ4v) is 5.34. The maximum Gasteiger partial charge on any atom is 0.242 e. The number of hydrogen-bond acceptors (Lipinski definition) is 6. The number of fused-ring (bicyclic) bond motifs is 1. The molecular formula is C29H30N4O4S. The summed E-state index contributed by atoms with van der Waals surface area (Å²) < 4.78 is 27.7. The molecule has 0 N–H and O–H groups in total. The first-order valence-corrected chi connectivity index (χ1v) is 13.9. The smallest absolute Gasteiger partial charge is 0.242 e. The first-order chi connectivity index (χ1) is 18.3. The van der Waals surface area contributed by atoms with E-state index >= 15 is 0 Å². The minimum atomic E-state index is -3.75. The predicted octanol–water partition coefficient (Wildman–Crippen LogP) is 4.86. The quantitative estimate of drug-likeness (QED) is 0.203. The third-order valence-electron chi connectivity index (χ3n) is 6.25. The molecule has 8 nitrogen and oxygen atoms in total. The van der Waals surface area contributed by atoms with Crippen LogP contribution in [0.4, 0.5) is 5.69 Å². The average Bonchev–Trinajstić information content (AvgIpc) is 2.94. The van der Waals surface area contributed by atoms with Crippen LogP contribution in [0.25, 0.3) is 10.8 Å². The van der Waals surface area contributed by atoms with Gasteiger partial charge in [0, 0.05) is 31.7 Å². The molecule has 0 saturated heterocycles. The molecule has 0 aliphatic heterocycles. The molecule has 0 atom stereocenters. The highest BCUT2D eigenvalue weighted by atomic mass is 32.2. The van der Waals surface area contributed by atoms with Crippen LogP contribution in [0.2, 0.25) is 0 Å². The molecule has 196 valence electrons. The van der Waals surface area contributed by atoms with E-state index in [2.05, 4.69) is 9.97 Å². The molecule has 0 radical (unpaired) electrons. The van der Waals surface area contributed by atoms with Gasteiger partial charge in [0.1, 0.15) is 0 Å². The molecular weight excluding hydrogens is 500 g/mol. The monoisotopic (exact) mass is 530 g/mol. The lowest BCUT2D eigenvalue weighted by atomic mass is 10.1. The molecule has 0 saturated carbocycles. The number of amides is 1. The van der Waals surface area contributed by atoms with Crippen LogP contribution in [0.3, 0.4) is 0 Å². The molecule has 38 heavy (non-hydrogen) atoms. The molecule has 3 aromatic carbocycles. The van der Waals surface area contributed by atoms with Gasteiger partial charge in [0.05, 0.1) is 17.9 Å². The summed E-state index contributed by atoms with van der Waals surface area (Å²) in [5, 5.41) is 2.08. The molecule has 0 aliphatic carbocycles. The third kappa shape index (κ3) is 6.30. The van der Waals surface area contributed by atoms with Crippen molar-refractivity contribution in [2.75, 3.05) is 18.5 Å². The Bertz CT molecular complexity index is 1540. The summed E-state index contributed by atoms with van der Waals surface area (Å²) >= 11 is 0. The lowest BCUT2D eigenvalue weighted by Crippen LogP contribution is -2.33. The number of benzene rings is 3. The summed E-state index contributed by atoms with van der Waals surface area (Å²) in [5.74, 6) is -1.04. The Labute approximate surface area is 223 Å². The number of sulfonamides is 1. The van der Waals surface area contributed by atoms with Crippen LogP contribution in [0.15, 0.2) is 90.1 Å². The number of carbonyl (C=O) groups is 2. The zero-order valence-corrected chi connectivity index (χ0v) is 22.3. The van der Waals surface area contributed by atoms with Gasteiger partial charge in [-0.05, 0) is 53.1 Å². The number of carbonyl (C=O) groups excluding carboxylic acids is 2. The maximum atomic E-state index is 13.5.